The number of hydrogen-bond donors (Lipinski definition) is 2. The molecular formula is C26H23N5O2S. The fraction of sp³-hybridized carbons (Fsp3) is 0.192. The van der Waals surface area contributed by atoms with Gasteiger partial charge in [0.25, 0.3) is 11.5 Å². The van der Waals surface area contributed by atoms with Gasteiger partial charge in [-0.15, -0.1) is 11.3 Å². The van der Waals surface area contributed by atoms with E-state index in [9.17, 15) is 9.59 Å². The lowest BCUT2D eigenvalue weighted by Gasteiger charge is -2.34. The lowest BCUT2D eigenvalue weighted by Crippen LogP contribution is -2.44. The molecule has 0 aliphatic carbocycles. The van der Waals surface area contributed by atoms with Crippen LogP contribution in [0.25, 0.3) is 31.8 Å². The van der Waals surface area contributed by atoms with E-state index in [4.69, 9.17) is 0 Å². The highest BCUT2D eigenvalue weighted by atomic mass is 32.1. The largest absolute Gasteiger partial charge is 0.368 e. The summed E-state index contributed by atoms with van der Waals surface area (Å²) in [6.07, 6.45) is 3.59. The number of anilines is 2. The van der Waals surface area contributed by atoms with Crippen molar-refractivity contribution >= 4 is 60.4 Å². The topological polar surface area (TPSA) is 81.3 Å². The third-order valence-electron chi connectivity index (χ3n) is 6.51. The van der Waals surface area contributed by atoms with Gasteiger partial charge >= 0.3 is 0 Å². The fourth-order valence-corrected chi connectivity index (χ4v) is 5.73. The molecule has 8 heteroatoms. The molecule has 0 radical (unpaired) electrons. The van der Waals surface area contributed by atoms with Gasteiger partial charge in [-0.25, -0.2) is 0 Å². The molecule has 1 aliphatic heterocycles. The first-order valence-corrected chi connectivity index (χ1v) is 12.1. The SMILES string of the molecule is CN1CCN(c2ccc(NC(=O)c3cc4c(=O)[nH]c5ccccc5c4s3)c3cnccc23)CC1. The Balaban J connectivity index is 1.37. The molecular weight excluding hydrogens is 446 g/mol. The summed E-state index contributed by atoms with van der Waals surface area (Å²) in [6.45, 7) is 3.96. The number of aromatic nitrogens is 2. The number of carbonyl (C=O) groups excluding carboxylic acids is 1. The van der Waals surface area contributed by atoms with Gasteiger partial charge in [0.1, 0.15) is 0 Å². The Bertz CT molecular complexity index is 1610. The molecule has 0 unspecified atom stereocenters. The van der Waals surface area contributed by atoms with E-state index in [-0.39, 0.29) is 11.5 Å². The number of rotatable bonds is 3. The van der Waals surface area contributed by atoms with Crippen molar-refractivity contribution in [3.05, 3.63) is 76.2 Å². The average Bonchev–Trinajstić information content (AvgIpc) is 3.32. The minimum absolute atomic E-state index is 0.185. The molecule has 7 nitrogen and oxygen atoms in total. The molecule has 0 atom stereocenters. The molecule has 6 rings (SSSR count). The number of likely N-dealkylation sites (N-methyl/N-ethyl adjacent to an activating group) is 1. The molecule has 1 saturated heterocycles. The number of hydrogen-bond acceptors (Lipinski definition) is 6. The van der Waals surface area contributed by atoms with Crippen LogP contribution in [0.15, 0.2) is 65.7 Å². The molecule has 4 heterocycles. The number of amides is 1. The Kier molecular flexibility index (Phi) is 5.04. The number of nitrogens with zero attached hydrogens (tertiary/aromatic N) is 3. The first kappa shape index (κ1) is 20.8. The molecule has 0 spiro atoms. The zero-order chi connectivity index (χ0) is 23.2. The van der Waals surface area contributed by atoms with E-state index in [0.29, 0.717) is 16.0 Å². The van der Waals surface area contributed by atoms with Gasteiger partial charge in [-0.05, 0) is 37.4 Å². The molecule has 170 valence electrons. The maximum atomic E-state index is 13.2. The van der Waals surface area contributed by atoms with Crippen LogP contribution in [0.3, 0.4) is 0 Å². The van der Waals surface area contributed by atoms with Gasteiger partial charge in [0.2, 0.25) is 0 Å². The van der Waals surface area contributed by atoms with Crippen molar-refractivity contribution in [3.63, 3.8) is 0 Å². The molecule has 34 heavy (non-hydrogen) atoms. The summed E-state index contributed by atoms with van der Waals surface area (Å²) >= 11 is 1.34. The zero-order valence-corrected chi connectivity index (χ0v) is 19.5. The summed E-state index contributed by atoms with van der Waals surface area (Å²) < 4.78 is 0.821. The van der Waals surface area contributed by atoms with E-state index in [0.717, 1.165) is 58.2 Å². The van der Waals surface area contributed by atoms with Crippen LogP contribution < -0.4 is 15.8 Å². The quantitative estimate of drug-likeness (QED) is 0.412. The van der Waals surface area contributed by atoms with E-state index in [2.05, 4.69) is 38.2 Å². The second-order valence-electron chi connectivity index (χ2n) is 8.65. The Labute approximate surface area is 199 Å². The Hall–Kier alpha value is -3.75. The van der Waals surface area contributed by atoms with E-state index in [1.165, 1.54) is 11.3 Å². The van der Waals surface area contributed by atoms with Crippen LogP contribution in [0.4, 0.5) is 11.4 Å². The number of aromatic amines is 1. The minimum atomic E-state index is -0.234. The van der Waals surface area contributed by atoms with E-state index >= 15 is 0 Å². The lowest BCUT2D eigenvalue weighted by molar-refractivity contribution is 0.103. The summed E-state index contributed by atoms with van der Waals surface area (Å²) in [5.74, 6) is -0.234. The monoisotopic (exact) mass is 469 g/mol. The van der Waals surface area contributed by atoms with Crippen LogP contribution in [0.5, 0.6) is 0 Å². The van der Waals surface area contributed by atoms with E-state index in [1.807, 2.05) is 36.4 Å². The van der Waals surface area contributed by atoms with E-state index < -0.39 is 0 Å². The number of pyridine rings is 2. The van der Waals surface area contributed by atoms with Crippen LogP contribution in [0.2, 0.25) is 0 Å². The number of nitrogens with one attached hydrogen (secondary N) is 2. The van der Waals surface area contributed by atoms with Crippen molar-refractivity contribution < 1.29 is 4.79 Å². The Morgan fingerprint density at radius 1 is 1.00 bits per heavy atom. The first-order chi connectivity index (χ1) is 16.6. The number of H-pyrrole nitrogens is 1. The molecule has 1 aliphatic rings. The summed E-state index contributed by atoms with van der Waals surface area (Å²) in [7, 11) is 2.14. The molecule has 3 aromatic heterocycles. The summed E-state index contributed by atoms with van der Waals surface area (Å²) in [5.41, 5.74) is 2.45. The van der Waals surface area contributed by atoms with Crippen molar-refractivity contribution in [3.8, 4) is 0 Å². The smallest absolute Gasteiger partial charge is 0.265 e. The van der Waals surface area contributed by atoms with Crippen LogP contribution >= 0.6 is 11.3 Å². The maximum Gasteiger partial charge on any atom is 0.265 e. The molecule has 0 saturated carbocycles. The second kappa shape index (κ2) is 8.23. The Morgan fingerprint density at radius 3 is 2.68 bits per heavy atom. The second-order valence-corrected chi connectivity index (χ2v) is 9.70. The van der Waals surface area contributed by atoms with Gasteiger partial charge in [-0.2, -0.15) is 0 Å². The molecule has 0 bridgehead atoms. The molecule has 5 aromatic rings. The van der Waals surface area contributed by atoms with Gasteiger partial charge in [-0.1, -0.05) is 18.2 Å². The highest BCUT2D eigenvalue weighted by molar-refractivity contribution is 7.21. The number of para-hydroxylation sites is 1. The maximum absolute atomic E-state index is 13.2. The number of piperazine rings is 1. The van der Waals surface area contributed by atoms with Crippen LogP contribution in [-0.4, -0.2) is 54.0 Å². The fourth-order valence-electron chi connectivity index (χ4n) is 4.64. The van der Waals surface area contributed by atoms with Gasteiger partial charge in [0, 0.05) is 70.6 Å². The standard InChI is InChI=1S/C26H23N5O2S/c1-30-10-12-31(13-11-30)22-7-6-21(19-15-27-9-8-16(19)22)29-26(33)23-14-18-24(34-23)17-4-2-3-5-20(17)28-25(18)32/h2-9,14-15H,10-13H2,1H3,(H,28,32)(H,29,33). The van der Waals surface area contributed by atoms with Crippen molar-refractivity contribution in [2.45, 2.75) is 0 Å². The number of fused-ring (bicyclic) bond motifs is 4. The van der Waals surface area contributed by atoms with Crippen molar-refractivity contribution in [2.24, 2.45) is 0 Å². The molecule has 2 aromatic carbocycles. The van der Waals surface area contributed by atoms with Gasteiger partial charge < -0.3 is 20.1 Å². The highest BCUT2D eigenvalue weighted by Gasteiger charge is 2.19. The molecule has 1 amide bonds. The molecule has 2 N–H and O–H groups in total. The predicted molar refractivity (Wildman–Crippen MR) is 139 cm³/mol. The minimum Gasteiger partial charge on any atom is -0.368 e. The van der Waals surface area contributed by atoms with Gasteiger partial charge in [0.15, 0.2) is 0 Å². The summed E-state index contributed by atoms with van der Waals surface area (Å²) in [5, 5.41) is 6.50. The zero-order valence-electron chi connectivity index (χ0n) is 18.7. The normalized spacial score (nSPS) is 14.8. The summed E-state index contributed by atoms with van der Waals surface area (Å²) in [6, 6.07) is 15.4. The van der Waals surface area contributed by atoms with Crippen molar-refractivity contribution in [2.75, 3.05) is 43.4 Å². The number of carbonyl (C=O) groups is 1. The van der Waals surface area contributed by atoms with Gasteiger partial charge in [-0.3, -0.25) is 14.6 Å². The van der Waals surface area contributed by atoms with Crippen molar-refractivity contribution in [1.29, 1.82) is 0 Å². The van der Waals surface area contributed by atoms with Gasteiger partial charge in [0.05, 0.1) is 16.0 Å². The predicted octanol–water partition coefficient (Wildman–Crippen LogP) is 4.30. The summed E-state index contributed by atoms with van der Waals surface area (Å²) in [4.78, 5) is 38.2. The third kappa shape index (κ3) is 3.52. The number of benzene rings is 2. The molecule has 1 fully saturated rings. The van der Waals surface area contributed by atoms with Crippen LogP contribution in [0, 0.1) is 0 Å². The third-order valence-corrected chi connectivity index (χ3v) is 7.67. The Morgan fingerprint density at radius 2 is 1.82 bits per heavy atom. The number of thiophene rings is 1. The highest BCUT2D eigenvalue weighted by Crippen LogP contribution is 2.34. The first-order valence-electron chi connectivity index (χ1n) is 11.2. The van der Waals surface area contributed by atoms with Crippen LogP contribution in [-0.2, 0) is 0 Å². The van der Waals surface area contributed by atoms with Crippen molar-refractivity contribution in [1.82, 2.24) is 14.9 Å². The average molecular weight is 470 g/mol. The lowest BCUT2D eigenvalue weighted by atomic mass is 10.1. The van der Waals surface area contributed by atoms with E-state index in [1.54, 1.807) is 18.5 Å². The van der Waals surface area contributed by atoms with Crippen LogP contribution in [0.1, 0.15) is 9.67 Å².